The molecule has 0 radical (unpaired) electrons. The molecular weight excluding hydrogens is 448 g/mol. The van der Waals surface area contributed by atoms with Crippen molar-refractivity contribution in [3.05, 3.63) is 76.1 Å². The van der Waals surface area contributed by atoms with E-state index in [4.69, 9.17) is 21.3 Å². The first-order chi connectivity index (χ1) is 16.7. The first-order valence-electron chi connectivity index (χ1n) is 11.3. The number of guanidine groups is 1. The highest BCUT2D eigenvalue weighted by Crippen LogP contribution is 2.21. The summed E-state index contributed by atoms with van der Waals surface area (Å²) in [5.74, 6) is -1.07. The number of anilines is 1. The van der Waals surface area contributed by atoms with Crippen molar-refractivity contribution in [3.8, 4) is 0 Å². The first kappa shape index (κ1) is 25.4. The van der Waals surface area contributed by atoms with E-state index in [2.05, 4.69) is 16.0 Å². The van der Waals surface area contributed by atoms with Crippen molar-refractivity contribution in [2.75, 3.05) is 11.9 Å². The number of rotatable bonds is 10. The number of nitrogens with two attached hydrogens (primary N) is 2. The van der Waals surface area contributed by atoms with Crippen LogP contribution in [-0.2, 0) is 16.0 Å². The normalized spacial score (nSPS) is 12.5. The fraction of sp³-hybridized carbons (Fsp3) is 0.280. The number of hydrogen-bond donors (Lipinski definition) is 6. The molecule has 0 fully saturated rings. The minimum atomic E-state index is -0.877. The van der Waals surface area contributed by atoms with Crippen LogP contribution in [0.5, 0.6) is 0 Å². The van der Waals surface area contributed by atoms with Gasteiger partial charge in [0.2, 0.25) is 11.8 Å². The number of fused-ring (bicyclic) bond motifs is 1. The molecule has 10 nitrogen and oxygen atoms in total. The molecule has 3 aromatic rings. The average Bonchev–Trinajstić information content (AvgIpc) is 2.81. The molecule has 10 heteroatoms. The Labute approximate surface area is 202 Å². The maximum atomic E-state index is 13.1. The molecule has 2 unspecified atom stereocenters. The Bertz CT molecular complexity index is 1260. The molecule has 0 aliphatic carbocycles. The van der Waals surface area contributed by atoms with Crippen molar-refractivity contribution in [1.82, 2.24) is 10.6 Å². The molecule has 1 aromatic heterocycles. The predicted molar refractivity (Wildman–Crippen MR) is 135 cm³/mol. The lowest BCUT2D eigenvalue weighted by Crippen LogP contribution is -2.50. The van der Waals surface area contributed by atoms with E-state index in [9.17, 15) is 14.4 Å². The van der Waals surface area contributed by atoms with Gasteiger partial charge in [-0.15, -0.1) is 0 Å². The Morgan fingerprint density at radius 3 is 2.54 bits per heavy atom. The molecule has 0 aliphatic heterocycles. The lowest BCUT2D eigenvalue weighted by molar-refractivity contribution is -0.127. The average molecular weight is 479 g/mol. The molecule has 2 atom stereocenters. The predicted octanol–water partition coefficient (Wildman–Crippen LogP) is 1.36. The van der Waals surface area contributed by atoms with Gasteiger partial charge in [0, 0.05) is 29.8 Å². The smallest absolute Gasteiger partial charge is 0.336 e. The number of amides is 2. The van der Waals surface area contributed by atoms with E-state index in [1.54, 1.807) is 25.1 Å². The zero-order chi connectivity index (χ0) is 25.4. The summed E-state index contributed by atoms with van der Waals surface area (Å²) >= 11 is 0. The van der Waals surface area contributed by atoms with E-state index in [1.165, 1.54) is 6.07 Å². The summed E-state index contributed by atoms with van der Waals surface area (Å²) in [6.45, 7) is 2.17. The summed E-state index contributed by atoms with van der Waals surface area (Å²) < 4.78 is 5.25. The van der Waals surface area contributed by atoms with Gasteiger partial charge in [-0.3, -0.25) is 15.0 Å². The highest BCUT2D eigenvalue weighted by Gasteiger charge is 2.24. The van der Waals surface area contributed by atoms with Crippen LogP contribution in [0.15, 0.2) is 63.8 Å². The molecule has 3 rings (SSSR count). The fourth-order valence-electron chi connectivity index (χ4n) is 3.67. The molecule has 0 bridgehead atoms. The van der Waals surface area contributed by atoms with Gasteiger partial charge < -0.3 is 31.8 Å². The van der Waals surface area contributed by atoms with Gasteiger partial charge in [0.05, 0.1) is 6.04 Å². The van der Waals surface area contributed by atoms with E-state index in [-0.39, 0.29) is 12.4 Å². The number of hydrogen-bond acceptors (Lipinski definition) is 6. The summed E-state index contributed by atoms with van der Waals surface area (Å²) in [5.41, 5.74) is 13.4. The Morgan fingerprint density at radius 2 is 1.83 bits per heavy atom. The number of carbonyl (C=O) groups is 2. The lowest BCUT2D eigenvalue weighted by Gasteiger charge is -2.21. The maximum absolute atomic E-state index is 13.1. The highest BCUT2D eigenvalue weighted by molar-refractivity contribution is 5.99. The van der Waals surface area contributed by atoms with E-state index in [1.807, 2.05) is 30.3 Å². The second-order valence-corrected chi connectivity index (χ2v) is 8.29. The topological polar surface area (TPSA) is 176 Å². The number of aryl methyl sites for hydroxylation is 1. The van der Waals surface area contributed by atoms with Gasteiger partial charge in [-0.2, -0.15) is 0 Å². The Hall–Kier alpha value is -4.18. The summed E-state index contributed by atoms with van der Waals surface area (Å²) in [7, 11) is 0. The van der Waals surface area contributed by atoms with E-state index in [0.717, 1.165) is 16.5 Å². The SMILES string of the molecule is Cc1cc(=O)oc2cc(NC(=O)C(CCCNC(=N)N)NC(=O)C(N)Cc3ccccc3)ccc12. The van der Waals surface area contributed by atoms with Crippen molar-refractivity contribution in [2.24, 2.45) is 11.5 Å². The quantitative estimate of drug-likeness (QED) is 0.110. The second-order valence-electron chi connectivity index (χ2n) is 8.29. The molecule has 0 saturated heterocycles. The van der Waals surface area contributed by atoms with Gasteiger partial charge in [-0.25, -0.2) is 4.79 Å². The molecule has 8 N–H and O–H groups in total. The molecule has 184 valence electrons. The van der Waals surface area contributed by atoms with Gasteiger partial charge in [-0.1, -0.05) is 30.3 Å². The van der Waals surface area contributed by atoms with Crippen LogP contribution in [0.25, 0.3) is 11.0 Å². The van der Waals surface area contributed by atoms with Gasteiger partial charge in [0.15, 0.2) is 5.96 Å². The highest BCUT2D eigenvalue weighted by atomic mass is 16.4. The van der Waals surface area contributed by atoms with Gasteiger partial charge in [-0.05, 0) is 49.4 Å². The Balaban J connectivity index is 1.71. The minimum absolute atomic E-state index is 0.173. The van der Waals surface area contributed by atoms with Gasteiger partial charge in [0.25, 0.3) is 0 Å². The van der Waals surface area contributed by atoms with E-state index < -0.39 is 29.5 Å². The van der Waals surface area contributed by atoms with Crippen molar-refractivity contribution in [2.45, 2.75) is 38.3 Å². The third-order valence-corrected chi connectivity index (χ3v) is 5.47. The van der Waals surface area contributed by atoms with Crippen LogP contribution in [0.4, 0.5) is 5.69 Å². The molecule has 1 heterocycles. The lowest BCUT2D eigenvalue weighted by atomic mass is 10.0. The van der Waals surface area contributed by atoms with Crippen LogP contribution in [0.2, 0.25) is 0 Å². The Kier molecular flexibility index (Phi) is 8.58. The van der Waals surface area contributed by atoms with Crippen LogP contribution < -0.4 is 33.0 Å². The van der Waals surface area contributed by atoms with Crippen LogP contribution in [0.3, 0.4) is 0 Å². The van der Waals surface area contributed by atoms with Crippen molar-refractivity contribution in [1.29, 1.82) is 5.41 Å². The van der Waals surface area contributed by atoms with Crippen LogP contribution in [-0.4, -0.2) is 36.4 Å². The monoisotopic (exact) mass is 478 g/mol. The summed E-state index contributed by atoms with van der Waals surface area (Å²) in [6.07, 6.45) is 1.09. The fourth-order valence-corrected chi connectivity index (χ4v) is 3.67. The van der Waals surface area contributed by atoms with Gasteiger partial charge in [0.1, 0.15) is 11.6 Å². The molecule has 2 amide bonds. The van der Waals surface area contributed by atoms with Crippen LogP contribution in [0.1, 0.15) is 24.0 Å². The molecule has 0 spiro atoms. The molecular formula is C25H30N6O4. The Morgan fingerprint density at radius 1 is 1.09 bits per heavy atom. The largest absolute Gasteiger partial charge is 0.423 e. The van der Waals surface area contributed by atoms with Crippen molar-refractivity contribution >= 4 is 34.4 Å². The van der Waals surface area contributed by atoms with Crippen molar-refractivity contribution in [3.63, 3.8) is 0 Å². The summed E-state index contributed by atoms with van der Waals surface area (Å²) in [4.78, 5) is 37.6. The first-order valence-corrected chi connectivity index (χ1v) is 11.3. The van der Waals surface area contributed by atoms with Crippen LogP contribution in [0, 0.1) is 12.3 Å². The van der Waals surface area contributed by atoms with E-state index in [0.29, 0.717) is 30.7 Å². The zero-order valence-corrected chi connectivity index (χ0v) is 19.5. The molecule has 0 saturated carbocycles. The molecule has 35 heavy (non-hydrogen) atoms. The van der Waals surface area contributed by atoms with E-state index >= 15 is 0 Å². The summed E-state index contributed by atoms with van der Waals surface area (Å²) in [6, 6.07) is 14.1. The molecule has 2 aromatic carbocycles. The summed E-state index contributed by atoms with van der Waals surface area (Å²) in [5, 5.41) is 16.2. The number of benzene rings is 2. The number of carbonyl (C=O) groups excluding carboxylic acids is 2. The van der Waals surface area contributed by atoms with Crippen LogP contribution >= 0.6 is 0 Å². The van der Waals surface area contributed by atoms with Crippen molar-refractivity contribution < 1.29 is 14.0 Å². The maximum Gasteiger partial charge on any atom is 0.336 e. The molecule has 0 aliphatic rings. The standard InChI is InChI=1S/C25H30N6O4/c1-15-12-22(32)35-21-14-17(9-10-18(15)21)30-24(34)20(8-5-11-29-25(27)28)31-23(33)19(26)13-16-6-3-2-4-7-16/h2-4,6-7,9-10,12,14,19-20H,5,8,11,13,26H2,1H3,(H,30,34)(H,31,33)(H4,27,28,29). The minimum Gasteiger partial charge on any atom is -0.423 e. The zero-order valence-electron chi connectivity index (χ0n) is 19.5. The van der Waals surface area contributed by atoms with Gasteiger partial charge >= 0.3 is 5.63 Å². The third kappa shape index (κ3) is 7.41. The second kappa shape index (κ2) is 11.8. The third-order valence-electron chi connectivity index (χ3n) is 5.47. The number of nitrogens with one attached hydrogen (secondary N) is 4.